The number of carbonyl (C=O) groups excluding carboxylic acids is 1. The number of hydrogen-bond donors (Lipinski definition) is 2. The van der Waals surface area contributed by atoms with Crippen molar-refractivity contribution >= 4 is 15.9 Å². The Labute approximate surface area is 197 Å². The maximum absolute atomic E-state index is 13.1. The minimum absolute atomic E-state index is 0.0325. The molecule has 2 atom stereocenters. The van der Waals surface area contributed by atoms with E-state index in [1.807, 2.05) is 13.8 Å². The highest BCUT2D eigenvalue weighted by Gasteiger charge is 2.30. The second-order valence-electron chi connectivity index (χ2n) is 9.39. The van der Waals surface area contributed by atoms with E-state index in [1.165, 1.54) is 12.1 Å². The molecule has 186 valence electrons. The number of benzene rings is 1. The van der Waals surface area contributed by atoms with Crippen LogP contribution in [0.25, 0.3) is 0 Å². The average Bonchev–Trinajstić information content (AvgIpc) is 3.00. The Morgan fingerprint density at radius 2 is 1.85 bits per heavy atom. The topological polar surface area (TPSA) is 106 Å². The summed E-state index contributed by atoms with van der Waals surface area (Å²) in [6, 6.07) is 3.58. The van der Waals surface area contributed by atoms with E-state index in [0.29, 0.717) is 43.8 Å². The number of sulfonamides is 1. The second-order valence-corrected chi connectivity index (χ2v) is 11.1. The number of ether oxygens (including phenoxy) is 3. The van der Waals surface area contributed by atoms with Gasteiger partial charge in [-0.3, -0.25) is 9.69 Å². The minimum Gasteiger partial charge on any atom is -0.490 e. The van der Waals surface area contributed by atoms with Crippen LogP contribution < -0.4 is 19.5 Å². The van der Waals surface area contributed by atoms with Crippen molar-refractivity contribution in [3.8, 4) is 11.5 Å². The van der Waals surface area contributed by atoms with Crippen molar-refractivity contribution in [2.75, 3.05) is 46.0 Å². The first-order valence-corrected chi connectivity index (χ1v) is 13.2. The Bertz CT molecular complexity index is 905. The highest BCUT2D eigenvalue weighted by atomic mass is 32.2. The summed E-state index contributed by atoms with van der Waals surface area (Å²) in [5.41, 5.74) is 0. The SMILES string of the molecule is CC(C)CN1CCOC(CNC(=O)C(NS(=O)(=O)c2ccc3c(c2)OCCCO3)C(C)C)C1. The van der Waals surface area contributed by atoms with Gasteiger partial charge in [-0.1, -0.05) is 27.7 Å². The first kappa shape index (κ1) is 25.7. The lowest BCUT2D eigenvalue weighted by atomic mass is 10.0. The average molecular weight is 484 g/mol. The molecule has 2 unspecified atom stereocenters. The number of fused-ring (bicyclic) bond motifs is 1. The molecule has 9 nitrogen and oxygen atoms in total. The Kier molecular flexibility index (Phi) is 8.97. The van der Waals surface area contributed by atoms with E-state index in [4.69, 9.17) is 14.2 Å². The number of nitrogens with one attached hydrogen (secondary N) is 2. The van der Waals surface area contributed by atoms with Crippen LogP contribution in [0.4, 0.5) is 0 Å². The monoisotopic (exact) mass is 483 g/mol. The molecule has 3 rings (SSSR count). The molecule has 10 heteroatoms. The van der Waals surface area contributed by atoms with Gasteiger partial charge in [-0.05, 0) is 24.0 Å². The molecule has 0 radical (unpaired) electrons. The van der Waals surface area contributed by atoms with E-state index in [0.717, 1.165) is 26.1 Å². The zero-order valence-electron chi connectivity index (χ0n) is 20.0. The van der Waals surface area contributed by atoms with Crippen LogP contribution in [0.2, 0.25) is 0 Å². The molecular weight excluding hydrogens is 446 g/mol. The van der Waals surface area contributed by atoms with Crippen molar-refractivity contribution in [3.63, 3.8) is 0 Å². The molecular formula is C23H37N3O6S. The number of carbonyl (C=O) groups is 1. The third-order valence-electron chi connectivity index (χ3n) is 5.61. The molecule has 2 aliphatic heterocycles. The normalized spacial score (nSPS) is 20.5. The summed E-state index contributed by atoms with van der Waals surface area (Å²) >= 11 is 0. The summed E-state index contributed by atoms with van der Waals surface area (Å²) in [5, 5.41) is 2.88. The molecule has 1 fully saturated rings. The van der Waals surface area contributed by atoms with Crippen LogP contribution in [0.1, 0.15) is 34.1 Å². The molecule has 2 aliphatic rings. The van der Waals surface area contributed by atoms with E-state index in [2.05, 4.69) is 28.8 Å². The van der Waals surface area contributed by atoms with Gasteiger partial charge in [-0.15, -0.1) is 0 Å². The Balaban J connectivity index is 1.62. The van der Waals surface area contributed by atoms with Gasteiger partial charge >= 0.3 is 0 Å². The maximum Gasteiger partial charge on any atom is 0.241 e. The summed E-state index contributed by atoms with van der Waals surface area (Å²) in [6.45, 7) is 12.5. The van der Waals surface area contributed by atoms with Gasteiger partial charge in [0.05, 0.1) is 30.8 Å². The van der Waals surface area contributed by atoms with Gasteiger partial charge < -0.3 is 19.5 Å². The summed E-state index contributed by atoms with van der Waals surface area (Å²) in [5.74, 6) is 0.852. The van der Waals surface area contributed by atoms with Crippen molar-refractivity contribution in [1.82, 2.24) is 14.9 Å². The fraction of sp³-hybridized carbons (Fsp3) is 0.696. The van der Waals surface area contributed by atoms with Gasteiger partial charge in [0.2, 0.25) is 15.9 Å². The highest BCUT2D eigenvalue weighted by molar-refractivity contribution is 7.89. The van der Waals surface area contributed by atoms with E-state index >= 15 is 0 Å². The number of rotatable bonds is 9. The van der Waals surface area contributed by atoms with Crippen molar-refractivity contribution < 1.29 is 27.4 Å². The summed E-state index contributed by atoms with van der Waals surface area (Å²) < 4.78 is 45.7. The van der Waals surface area contributed by atoms with Crippen molar-refractivity contribution in [3.05, 3.63) is 18.2 Å². The molecule has 0 saturated carbocycles. The lowest BCUT2D eigenvalue weighted by molar-refractivity contribution is -0.124. The molecule has 0 aromatic heterocycles. The Hall–Kier alpha value is -1.88. The molecule has 1 amide bonds. The van der Waals surface area contributed by atoms with Gasteiger partial charge in [-0.2, -0.15) is 4.72 Å². The molecule has 0 spiro atoms. The first-order chi connectivity index (χ1) is 15.7. The van der Waals surface area contributed by atoms with Gasteiger partial charge in [0, 0.05) is 38.7 Å². The van der Waals surface area contributed by atoms with Crippen molar-refractivity contribution in [1.29, 1.82) is 0 Å². The number of nitrogens with zero attached hydrogens (tertiary/aromatic N) is 1. The summed E-state index contributed by atoms with van der Waals surface area (Å²) in [4.78, 5) is 15.3. The third-order valence-corrected chi connectivity index (χ3v) is 7.05. The summed E-state index contributed by atoms with van der Waals surface area (Å²) in [7, 11) is -3.95. The Morgan fingerprint density at radius 1 is 1.12 bits per heavy atom. The van der Waals surface area contributed by atoms with Gasteiger partial charge in [0.15, 0.2) is 11.5 Å². The molecule has 1 aromatic rings. The quantitative estimate of drug-likeness (QED) is 0.550. The molecule has 1 saturated heterocycles. The lowest BCUT2D eigenvalue weighted by Crippen LogP contribution is -2.53. The highest BCUT2D eigenvalue weighted by Crippen LogP contribution is 2.32. The van der Waals surface area contributed by atoms with Crippen LogP contribution >= 0.6 is 0 Å². The van der Waals surface area contributed by atoms with E-state index in [1.54, 1.807) is 6.07 Å². The predicted octanol–water partition coefficient (Wildman–Crippen LogP) is 1.62. The molecule has 2 heterocycles. The molecule has 2 N–H and O–H groups in total. The van der Waals surface area contributed by atoms with E-state index in [9.17, 15) is 13.2 Å². The van der Waals surface area contributed by atoms with Crippen LogP contribution in [0.3, 0.4) is 0 Å². The summed E-state index contributed by atoms with van der Waals surface area (Å²) in [6.07, 6.45) is 0.609. The molecule has 0 aliphatic carbocycles. The number of amides is 1. The predicted molar refractivity (Wildman–Crippen MR) is 125 cm³/mol. The van der Waals surface area contributed by atoms with Gasteiger partial charge in [-0.25, -0.2) is 8.42 Å². The molecule has 1 aromatic carbocycles. The van der Waals surface area contributed by atoms with Crippen molar-refractivity contribution in [2.24, 2.45) is 11.8 Å². The van der Waals surface area contributed by atoms with Crippen LogP contribution in [0.5, 0.6) is 11.5 Å². The van der Waals surface area contributed by atoms with Gasteiger partial charge in [0.1, 0.15) is 6.04 Å². The zero-order chi connectivity index (χ0) is 24.0. The Morgan fingerprint density at radius 3 is 2.55 bits per heavy atom. The number of morpholine rings is 1. The molecule has 33 heavy (non-hydrogen) atoms. The van der Waals surface area contributed by atoms with Crippen LogP contribution in [0, 0.1) is 11.8 Å². The fourth-order valence-electron chi connectivity index (χ4n) is 3.95. The van der Waals surface area contributed by atoms with Crippen molar-refractivity contribution in [2.45, 2.75) is 51.2 Å². The zero-order valence-corrected chi connectivity index (χ0v) is 20.8. The standard InChI is InChI=1S/C23H37N3O6S/c1-16(2)14-26-8-11-30-18(15-26)13-24-23(27)22(17(3)4)25-33(28,29)19-6-7-20-21(12-19)32-10-5-9-31-20/h6-7,12,16-18,22,25H,5,8-11,13-15H2,1-4H3,(H,24,27). The first-order valence-electron chi connectivity index (χ1n) is 11.7. The van der Waals surface area contributed by atoms with Crippen LogP contribution in [-0.4, -0.2) is 77.4 Å². The van der Waals surface area contributed by atoms with E-state index < -0.39 is 16.1 Å². The third kappa shape index (κ3) is 7.30. The molecule has 0 bridgehead atoms. The maximum atomic E-state index is 13.1. The largest absolute Gasteiger partial charge is 0.490 e. The number of hydrogen-bond acceptors (Lipinski definition) is 7. The minimum atomic E-state index is -3.95. The van der Waals surface area contributed by atoms with Gasteiger partial charge in [0.25, 0.3) is 0 Å². The lowest BCUT2D eigenvalue weighted by Gasteiger charge is -2.34. The second kappa shape index (κ2) is 11.5. The fourth-order valence-corrected chi connectivity index (χ4v) is 5.31. The van der Waals surface area contributed by atoms with E-state index in [-0.39, 0.29) is 22.8 Å². The van der Waals surface area contributed by atoms with Crippen LogP contribution in [-0.2, 0) is 19.6 Å². The smallest absolute Gasteiger partial charge is 0.241 e. The van der Waals surface area contributed by atoms with Crippen LogP contribution in [0.15, 0.2) is 23.1 Å².